The van der Waals surface area contributed by atoms with E-state index in [1.807, 2.05) is 0 Å². The third kappa shape index (κ3) is 4.50. The summed E-state index contributed by atoms with van der Waals surface area (Å²) < 4.78 is 30.1. The molecule has 0 unspecified atom stereocenters. The van der Waals surface area contributed by atoms with Gasteiger partial charge in [0.05, 0.1) is 9.85 Å². The molecule has 2 aromatic carbocycles. The predicted octanol–water partition coefficient (Wildman–Crippen LogP) is 4.14. The molecule has 3 rings (SSSR count). The standard InChI is InChI=1S/C17H12N2O7S2/c20-18(21)13-5-3-12(4-6-13)11-28(24,25)26-16-8-7-14(19(22)23)10-15(16)17-2-1-9-27-17/h1-10H,11H2. The first kappa shape index (κ1) is 19.5. The van der Waals surface area contributed by atoms with Crippen LogP contribution in [0.25, 0.3) is 10.4 Å². The second-order valence-electron chi connectivity index (χ2n) is 5.62. The summed E-state index contributed by atoms with van der Waals surface area (Å²) in [6.45, 7) is 0. The smallest absolute Gasteiger partial charge is 0.313 e. The van der Waals surface area contributed by atoms with Crippen LogP contribution in [0.4, 0.5) is 11.4 Å². The maximum atomic E-state index is 12.4. The average molecular weight is 420 g/mol. The first-order chi connectivity index (χ1) is 13.2. The highest BCUT2D eigenvalue weighted by molar-refractivity contribution is 7.86. The van der Waals surface area contributed by atoms with Gasteiger partial charge in [0.2, 0.25) is 0 Å². The highest BCUT2D eigenvalue weighted by Crippen LogP contribution is 2.37. The first-order valence-corrected chi connectivity index (χ1v) is 10.2. The van der Waals surface area contributed by atoms with Crippen molar-refractivity contribution in [2.75, 3.05) is 0 Å². The number of non-ortho nitro benzene ring substituents is 2. The predicted molar refractivity (Wildman–Crippen MR) is 103 cm³/mol. The summed E-state index contributed by atoms with van der Waals surface area (Å²) in [4.78, 5) is 21.2. The molecule has 0 atom stereocenters. The zero-order valence-electron chi connectivity index (χ0n) is 14.0. The van der Waals surface area contributed by atoms with Gasteiger partial charge in [-0.1, -0.05) is 18.2 Å². The average Bonchev–Trinajstić information content (AvgIpc) is 3.16. The van der Waals surface area contributed by atoms with Crippen molar-refractivity contribution in [2.24, 2.45) is 0 Å². The van der Waals surface area contributed by atoms with E-state index in [4.69, 9.17) is 4.18 Å². The second-order valence-corrected chi connectivity index (χ2v) is 8.14. The minimum atomic E-state index is -4.10. The van der Waals surface area contributed by atoms with Crippen LogP contribution in [0.3, 0.4) is 0 Å². The Labute approximate surface area is 163 Å². The van der Waals surface area contributed by atoms with Crippen LogP contribution in [0, 0.1) is 20.2 Å². The molecule has 11 heteroatoms. The van der Waals surface area contributed by atoms with E-state index in [1.165, 1.54) is 47.7 Å². The molecule has 0 aliphatic rings. The van der Waals surface area contributed by atoms with Gasteiger partial charge in [0.15, 0.2) is 5.75 Å². The fourth-order valence-electron chi connectivity index (χ4n) is 2.41. The van der Waals surface area contributed by atoms with E-state index in [0.29, 0.717) is 10.4 Å². The molecule has 0 aliphatic heterocycles. The number of hydrogen-bond acceptors (Lipinski definition) is 8. The number of thiophene rings is 1. The molecule has 0 amide bonds. The van der Waals surface area contributed by atoms with E-state index in [9.17, 15) is 28.6 Å². The Bertz CT molecular complexity index is 1120. The van der Waals surface area contributed by atoms with Crippen LogP contribution < -0.4 is 4.18 Å². The van der Waals surface area contributed by atoms with Crippen LogP contribution in [0.1, 0.15) is 5.56 Å². The van der Waals surface area contributed by atoms with Gasteiger partial charge in [0, 0.05) is 34.7 Å². The Kier molecular flexibility index (Phi) is 5.38. The highest BCUT2D eigenvalue weighted by Gasteiger charge is 2.20. The summed E-state index contributed by atoms with van der Waals surface area (Å²) in [5.41, 5.74) is 0.252. The van der Waals surface area contributed by atoms with Gasteiger partial charge in [-0.05, 0) is 23.1 Å². The van der Waals surface area contributed by atoms with Crippen molar-refractivity contribution in [3.05, 3.63) is 85.8 Å². The van der Waals surface area contributed by atoms with Crippen LogP contribution in [-0.2, 0) is 15.9 Å². The molecular formula is C17H12N2O7S2. The number of rotatable bonds is 7. The van der Waals surface area contributed by atoms with Gasteiger partial charge >= 0.3 is 10.1 Å². The van der Waals surface area contributed by atoms with Gasteiger partial charge in [-0.15, -0.1) is 11.3 Å². The molecule has 0 saturated heterocycles. The Morgan fingerprint density at radius 1 is 0.929 bits per heavy atom. The zero-order valence-corrected chi connectivity index (χ0v) is 15.7. The van der Waals surface area contributed by atoms with E-state index in [0.717, 1.165) is 6.07 Å². The molecule has 0 spiro atoms. The van der Waals surface area contributed by atoms with E-state index >= 15 is 0 Å². The Balaban J connectivity index is 1.89. The van der Waals surface area contributed by atoms with Crippen molar-refractivity contribution in [1.29, 1.82) is 0 Å². The summed E-state index contributed by atoms with van der Waals surface area (Å²) in [6.07, 6.45) is 0. The van der Waals surface area contributed by atoms with Gasteiger partial charge in [0.1, 0.15) is 5.75 Å². The topological polar surface area (TPSA) is 130 Å². The molecule has 3 aromatic rings. The third-order valence-electron chi connectivity index (χ3n) is 3.67. The maximum Gasteiger partial charge on any atom is 0.313 e. The lowest BCUT2D eigenvalue weighted by molar-refractivity contribution is -0.385. The summed E-state index contributed by atoms with van der Waals surface area (Å²) in [6, 6.07) is 12.1. The van der Waals surface area contributed by atoms with E-state index in [1.54, 1.807) is 17.5 Å². The lowest BCUT2D eigenvalue weighted by atomic mass is 10.1. The molecule has 0 saturated carbocycles. The van der Waals surface area contributed by atoms with Crippen LogP contribution in [0.2, 0.25) is 0 Å². The molecule has 0 radical (unpaired) electrons. The number of benzene rings is 2. The summed E-state index contributed by atoms with van der Waals surface area (Å²) in [7, 11) is -4.10. The highest BCUT2D eigenvalue weighted by atomic mass is 32.2. The van der Waals surface area contributed by atoms with Crippen molar-refractivity contribution in [2.45, 2.75) is 5.75 Å². The monoisotopic (exact) mass is 420 g/mol. The minimum absolute atomic E-state index is 0.0324. The second kappa shape index (κ2) is 7.74. The molecule has 144 valence electrons. The molecule has 0 bridgehead atoms. The Morgan fingerprint density at radius 3 is 2.14 bits per heavy atom. The van der Waals surface area contributed by atoms with E-state index in [-0.39, 0.29) is 22.7 Å². The van der Waals surface area contributed by atoms with Crippen molar-refractivity contribution in [1.82, 2.24) is 0 Å². The largest absolute Gasteiger partial charge is 0.381 e. The van der Waals surface area contributed by atoms with Gasteiger partial charge in [-0.2, -0.15) is 8.42 Å². The Morgan fingerprint density at radius 2 is 1.57 bits per heavy atom. The SMILES string of the molecule is O=[N+]([O-])c1ccc(CS(=O)(=O)Oc2ccc([N+](=O)[O-])cc2-c2cccs2)cc1. The quantitative estimate of drug-likeness (QED) is 0.319. The summed E-state index contributed by atoms with van der Waals surface area (Å²) in [5.74, 6) is -0.541. The minimum Gasteiger partial charge on any atom is -0.381 e. The Hall–Kier alpha value is -3.31. The van der Waals surface area contributed by atoms with Crippen molar-refractivity contribution in [3.8, 4) is 16.2 Å². The van der Waals surface area contributed by atoms with Gasteiger partial charge in [-0.3, -0.25) is 20.2 Å². The van der Waals surface area contributed by atoms with Crippen LogP contribution >= 0.6 is 11.3 Å². The molecule has 0 aliphatic carbocycles. The normalized spacial score (nSPS) is 11.1. The van der Waals surface area contributed by atoms with Crippen molar-refractivity contribution in [3.63, 3.8) is 0 Å². The summed E-state index contributed by atoms with van der Waals surface area (Å²) >= 11 is 1.28. The van der Waals surface area contributed by atoms with Gasteiger partial charge in [0.25, 0.3) is 11.4 Å². The molecule has 9 nitrogen and oxygen atoms in total. The molecule has 0 N–H and O–H groups in total. The fraction of sp³-hybridized carbons (Fsp3) is 0.0588. The first-order valence-electron chi connectivity index (χ1n) is 7.73. The van der Waals surface area contributed by atoms with Gasteiger partial charge in [-0.25, -0.2) is 0 Å². The number of nitro groups is 2. The number of nitro benzene ring substituents is 2. The van der Waals surface area contributed by atoms with Crippen LogP contribution in [0.15, 0.2) is 60.0 Å². The molecule has 1 aromatic heterocycles. The lowest BCUT2D eigenvalue weighted by Gasteiger charge is -2.11. The molecule has 28 heavy (non-hydrogen) atoms. The summed E-state index contributed by atoms with van der Waals surface area (Å²) in [5, 5.41) is 23.5. The van der Waals surface area contributed by atoms with E-state index in [2.05, 4.69) is 0 Å². The van der Waals surface area contributed by atoms with Crippen LogP contribution in [0.5, 0.6) is 5.75 Å². The van der Waals surface area contributed by atoms with Crippen LogP contribution in [-0.4, -0.2) is 18.3 Å². The fourth-order valence-corrected chi connectivity index (χ4v) is 4.24. The van der Waals surface area contributed by atoms with Crippen molar-refractivity contribution >= 4 is 32.8 Å². The lowest BCUT2D eigenvalue weighted by Crippen LogP contribution is -2.12. The van der Waals surface area contributed by atoms with E-state index < -0.39 is 25.7 Å². The molecule has 0 fully saturated rings. The third-order valence-corrected chi connectivity index (χ3v) is 5.69. The molecular weight excluding hydrogens is 408 g/mol. The zero-order chi connectivity index (χ0) is 20.3. The van der Waals surface area contributed by atoms with Gasteiger partial charge < -0.3 is 4.18 Å². The maximum absolute atomic E-state index is 12.4. The van der Waals surface area contributed by atoms with Crippen molar-refractivity contribution < 1.29 is 22.4 Å². The molecule has 1 heterocycles. The number of hydrogen-bond donors (Lipinski definition) is 0. The number of nitrogens with zero attached hydrogens (tertiary/aromatic N) is 2.